The maximum absolute atomic E-state index is 12.4. The molecule has 0 N–H and O–H groups in total. The average Bonchev–Trinajstić information content (AvgIpc) is 3.00. The molecule has 0 aromatic heterocycles. The Morgan fingerprint density at radius 1 is 1.19 bits per heavy atom. The summed E-state index contributed by atoms with van der Waals surface area (Å²) in [5.74, 6) is -0.954. The third-order valence-corrected chi connectivity index (χ3v) is 7.22. The summed E-state index contributed by atoms with van der Waals surface area (Å²) in [6.07, 6.45) is 4.97. The molecule has 1 saturated heterocycles. The Kier molecular flexibility index (Phi) is 5.46. The standard InChI is InChI=1S/C26H28O5/c1-15-5-7-18(8-6-15)21(27)9-10-24(28)30-22-11-12-26(4)14-23-19(13-20(26)17(22)3)16(2)25(29)31-23/h5-10,19-20,22-23H,2-3,11-14H2,1,4H3/b10-9+/t19-,20+,22-,23-,26-/m1/s1. The summed E-state index contributed by atoms with van der Waals surface area (Å²) in [5.41, 5.74) is 2.97. The first-order valence-corrected chi connectivity index (χ1v) is 10.8. The molecule has 1 heterocycles. The number of carbonyl (C=O) groups excluding carboxylic acids is 3. The van der Waals surface area contributed by atoms with Crippen LogP contribution in [0.15, 0.2) is 60.7 Å². The van der Waals surface area contributed by atoms with E-state index in [1.54, 1.807) is 12.1 Å². The number of rotatable bonds is 4. The molecule has 1 aromatic rings. The lowest BCUT2D eigenvalue weighted by Gasteiger charge is -2.51. The molecule has 2 saturated carbocycles. The second kappa shape index (κ2) is 7.95. The first-order chi connectivity index (χ1) is 14.7. The molecule has 4 rings (SSSR count). The number of fused-ring (bicyclic) bond motifs is 2. The minimum Gasteiger partial charge on any atom is -0.458 e. The molecule has 0 spiro atoms. The van der Waals surface area contributed by atoms with E-state index in [1.165, 1.54) is 12.2 Å². The van der Waals surface area contributed by atoms with Crippen LogP contribution in [-0.4, -0.2) is 29.9 Å². The molecule has 0 radical (unpaired) electrons. The van der Waals surface area contributed by atoms with Crippen molar-refractivity contribution in [1.82, 2.24) is 0 Å². The van der Waals surface area contributed by atoms with Gasteiger partial charge in [0.1, 0.15) is 12.2 Å². The Labute approximate surface area is 182 Å². The highest BCUT2D eigenvalue weighted by molar-refractivity contribution is 6.07. The Hall–Kier alpha value is -2.95. The fourth-order valence-electron chi connectivity index (χ4n) is 5.31. The van der Waals surface area contributed by atoms with Gasteiger partial charge in [-0.15, -0.1) is 0 Å². The normalized spacial score (nSPS) is 32.4. The lowest BCUT2D eigenvalue weighted by atomic mass is 9.55. The van der Waals surface area contributed by atoms with Gasteiger partial charge in [0.15, 0.2) is 5.78 Å². The summed E-state index contributed by atoms with van der Waals surface area (Å²) in [4.78, 5) is 36.6. The zero-order valence-corrected chi connectivity index (χ0v) is 18.1. The van der Waals surface area contributed by atoms with E-state index in [4.69, 9.17) is 9.47 Å². The van der Waals surface area contributed by atoms with Crippen LogP contribution in [0.2, 0.25) is 0 Å². The fraction of sp³-hybridized carbons (Fsp3) is 0.423. The van der Waals surface area contributed by atoms with Gasteiger partial charge in [0.2, 0.25) is 0 Å². The summed E-state index contributed by atoms with van der Waals surface area (Å²) in [6, 6.07) is 7.18. The first-order valence-electron chi connectivity index (χ1n) is 10.8. The highest BCUT2D eigenvalue weighted by Gasteiger charge is 2.54. The Morgan fingerprint density at radius 3 is 2.61 bits per heavy atom. The van der Waals surface area contributed by atoms with Crippen molar-refractivity contribution in [3.8, 4) is 0 Å². The summed E-state index contributed by atoms with van der Waals surface area (Å²) in [5, 5.41) is 0. The van der Waals surface area contributed by atoms with E-state index in [2.05, 4.69) is 20.1 Å². The molecule has 3 aliphatic rings. The van der Waals surface area contributed by atoms with Gasteiger partial charge in [-0.05, 0) is 55.6 Å². The van der Waals surface area contributed by atoms with Crippen LogP contribution >= 0.6 is 0 Å². The van der Waals surface area contributed by atoms with Gasteiger partial charge in [-0.3, -0.25) is 4.79 Å². The number of hydrogen-bond donors (Lipinski definition) is 0. The van der Waals surface area contributed by atoms with E-state index in [0.29, 0.717) is 17.6 Å². The second-order valence-electron chi connectivity index (χ2n) is 9.32. The van der Waals surface area contributed by atoms with Crippen LogP contribution in [0.1, 0.15) is 48.5 Å². The lowest BCUT2D eigenvalue weighted by Crippen LogP contribution is -2.47. The van der Waals surface area contributed by atoms with E-state index in [9.17, 15) is 14.4 Å². The molecule has 5 atom stereocenters. The van der Waals surface area contributed by atoms with Gasteiger partial charge in [0, 0.05) is 23.1 Å². The van der Waals surface area contributed by atoms with E-state index >= 15 is 0 Å². The van der Waals surface area contributed by atoms with Crippen molar-refractivity contribution in [2.45, 2.75) is 51.7 Å². The highest BCUT2D eigenvalue weighted by Crippen LogP contribution is 2.57. The van der Waals surface area contributed by atoms with Crippen molar-refractivity contribution < 1.29 is 23.9 Å². The third-order valence-electron chi connectivity index (χ3n) is 7.22. The molecule has 31 heavy (non-hydrogen) atoms. The zero-order chi connectivity index (χ0) is 22.3. The SMILES string of the molecule is C=C1C(=O)O[C@@H]2C[C@@]3(C)CC[C@@H](OC(=O)/C=C/C(=O)c4ccc(C)cc4)C(=C)[C@@H]3C[C@H]12. The van der Waals surface area contributed by atoms with Crippen LogP contribution in [0.5, 0.6) is 0 Å². The number of allylic oxidation sites excluding steroid dienone is 1. The molecule has 0 unspecified atom stereocenters. The number of esters is 2. The first kappa shape index (κ1) is 21.3. The minimum absolute atomic E-state index is 0.00352. The van der Waals surface area contributed by atoms with E-state index in [-0.39, 0.29) is 35.1 Å². The predicted octanol–water partition coefficient (Wildman–Crippen LogP) is 4.51. The molecule has 1 aromatic carbocycles. The minimum atomic E-state index is -0.548. The molecule has 5 heteroatoms. The largest absolute Gasteiger partial charge is 0.458 e. The van der Waals surface area contributed by atoms with Gasteiger partial charge < -0.3 is 9.47 Å². The molecular weight excluding hydrogens is 392 g/mol. The zero-order valence-electron chi connectivity index (χ0n) is 18.1. The number of ether oxygens (including phenoxy) is 2. The van der Waals surface area contributed by atoms with Gasteiger partial charge in [-0.2, -0.15) is 0 Å². The average molecular weight is 421 g/mol. The van der Waals surface area contributed by atoms with Gasteiger partial charge >= 0.3 is 11.9 Å². The molecule has 162 valence electrons. The van der Waals surface area contributed by atoms with Crippen LogP contribution in [0.4, 0.5) is 0 Å². The maximum Gasteiger partial charge on any atom is 0.334 e. The molecule has 3 fully saturated rings. The van der Waals surface area contributed by atoms with E-state index in [0.717, 1.165) is 30.4 Å². The van der Waals surface area contributed by atoms with Gasteiger partial charge in [-0.1, -0.05) is 49.9 Å². The predicted molar refractivity (Wildman–Crippen MR) is 116 cm³/mol. The summed E-state index contributed by atoms with van der Waals surface area (Å²) < 4.78 is 11.2. The monoisotopic (exact) mass is 420 g/mol. The number of carbonyl (C=O) groups is 3. The van der Waals surface area contributed by atoms with Crippen molar-refractivity contribution in [3.63, 3.8) is 0 Å². The molecule has 0 amide bonds. The topological polar surface area (TPSA) is 69.7 Å². The molecule has 1 aliphatic heterocycles. The van der Waals surface area contributed by atoms with E-state index in [1.807, 2.05) is 19.1 Å². The summed E-state index contributed by atoms with van der Waals surface area (Å²) >= 11 is 0. The van der Waals surface area contributed by atoms with E-state index < -0.39 is 12.1 Å². The fourth-order valence-corrected chi connectivity index (χ4v) is 5.31. The van der Waals surface area contributed by atoms with Gasteiger partial charge in [-0.25, -0.2) is 9.59 Å². The highest BCUT2D eigenvalue weighted by atomic mass is 16.6. The van der Waals surface area contributed by atoms with Crippen LogP contribution in [0, 0.1) is 24.2 Å². The molecule has 5 nitrogen and oxygen atoms in total. The molecule has 0 bridgehead atoms. The smallest absolute Gasteiger partial charge is 0.334 e. The van der Waals surface area contributed by atoms with Gasteiger partial charge in [0.05, 0.1) is 0 Å². The number of hydrogen-bond acceptors (Lipinski definition) is 5. The van der Waals surface area contributed by atoms with Crippen molar-refractivity contribution in [2.75, 3.05) is 0 Å². The van der Waals surface area contributed by atoms with Crippen molar-refractivity contribution in [2.24, 2.45) is 17.3 Å². The Balaban J connectivity index is 1.40. The van der Waals surface area contributed by atoms with Crippen LogP contribution in [0.25, 0.3) is 0 Å². The van der Waals surface area contributed by atoms with Crippen LogP contribution in [0.3, 0.4) is 0 Å². The van der Waals surface area contributed by atoms with Crippen molar-refractivity contribution in [3.05, 3.63) is 71.8 Å². The Bertz CT molecular complexity index is 986. The molecule has 2 aliphatic carbocycles. The Morgan fingerprint density at radius 2 is 1.90 bits per heavy atom. The van der Waals surface area contributed by atoms with Crippen molar-refractivity contribution in [1.29, 1.82) is 0 Å². The van der Waals surface area contributed by atoms with Crippen molar-refractivity contribution >= 4 is 17.7 Å². The molecular formula is C26H28O5. The van der Waals surface area contributed by atoms with Gasteiger partial charge in [0.25, 0.3) is 0 Å². The lowest BCUT2D eigenvalue weighted by molar-refractivity contribution is -0.147. The quantitative estimate of drug-likeness (QED) is 0.310. The third kappa shape index (κ3) is 4.01. The number of benzene rings is 1. The number of ketones is 1. The van der Waals surface area contributed by atoms with Crippen LogP contribution < -0.4 is 0 Å². The second-order valence-corrected chi connectivity index (χ2v) is 9.32. The number of aryl methyl sites for hydroxylation is 1. The summed E-state index contributed by atoms with van der Waals surface area (Å²) in [7, 11) is 0. The maximum atomic E-state index is 12.4. The van der Waals surface area contributed by atoms with Crippen LogP contribution in [-0.2, 0) is 19.1 Å². The summed E-state index contributed by atoms with van der Waals surface area (Å²) in [6.45, 7) is 12.3.